The minimum absolute atomic E-state index is 0.213. The van der Waals surface area contributed by atoms with E-state index in [4.69, 9.17) is 11.6 Å². The smallest absolute Gasteiger partial charge is 0.324 e. The highest BCUT2D eigenvalue weighted by Crippen LogP contribution is 2.33. The molecule has 2 N–H and O–H groups in total. The predicted molar refractivity (Wildman–Crippen MR) is 113 cm³/mol. The molecule has 0 saturated carbocycles. The van der Waals surface area contributed by atoms with E-state index >= 15 is 0 Å². The number of benzene rings is 2. The number of anilines is 1. The van der Waals surface area contributed by atoms with Crippen molar-refractivity contribution in [2.24, 2.45) is 0 Å². The third-order valence-corrected chi connectivity index (χ3v) is 5.51. The topological polar surface area (TPSA) is 78.5 Å². The van der Waals surface area contributed by atoms with Crippen LogP contribution in [0.4, 0.5) is 10.5 Å². The van der Waals surface area contributed by atoms with Gasteiger partial charge in [-0.25, -0.2) is 4.79 Å². The molecule has 4 amide bonds. The van der Waals surface area contributed by atoms with Crippen LogP contribution in [0.15, 0.2) is 42.5 Å². The Morgan fingerprint density at radius 3 is 2.52 bits per heavy atom. The van der Waals surface area contributed by atoms with E-state index in [0.29, 0.717) is 16.3 Å². The summed E-state index contributed by atoms with van der Waals surface area (Å²) in [6.45, 7) is 7.19. The second kappa shape index (κ2) is 7.87. The lowest BCUT2D eigenvalue weighted by molar-refractivity contribution is -0.133. The third kappa shape index (κ3) is 3.85. The van der Waals surface area contributed by atoms with E-state index in [-0.39, 0.29) is 12.5 Å². The summed E-state index contributed by atoms with van der Waals surface area (Å²) in [5, 5.41) is 5.91. The number of amides is 4. The molecule has 1 unspecified atom stereocenters. The quantitative estimate of drug-likeness (QED) is 0.722. The maximum atomic E-state index is 13.0. The molecule has 2 aromatic carbocycles. The molecule has 0 aliphatic carbocycles. The third-order valence-electron chi connectivity index (χ3n) is 5.18. The highest BCUT2D eigenvalue weighted by Gasteiger charge is 2.50. The molecule has 0 radical (unpaired) electrons. The van der Waals surface area contributed by atoms with Crippen molar-refractivity contribution < 1.29 is 14.4 Å². The number of aryl methyl sites for hydroxylation is 1. The van der Waals surface area contributed by atoms with Gasteiger partial charge in [0.05, 0.1) is 0 Å². The number of hydrogen-bond donors (Lipinski definition) is 2. The average molecular weight is 414 g/mol. The maximum Gasteiger partial charge on any atom is 0.325 e. The second-order valence-corrected chi connectivity index (χ2v) is 8.08. The minimum Gasteiger partial charge on any atom is -0.324 e. The number of nitrogens with zero attached hydrogens (tertiary/aromatic N) is 1. The number of carbonyl (C=O) groups is 3. The van der Waals surface area contributed by atoms with Gasteiger partial charge < -0.3 is 10.6 Å². The van der Waals surface area contributed by atoms with Crippen LogP contribution in [0.3, 0.4) is 0 Å². The van der Waals surface area contributed by atoms with Crippen LogP contribution in [0.1, 0.15) is 43.4 Å². The number of imide groups is 1. The van der Waals surface area contributed by atoms with E-state index < -0.39 is 23.4 Å². The number of hydrogen-bond acceptors (Lipinski definition) is 3. The summed E-state index contributed by atoms with van der Waals surface area (Å²) in [6, 6.07) is 12.0. The Balaban J connectivity index is 1.81. The van der Waals surface area contributed by atoms with Gasteiger partial charge in [0.1, 0.15) is 12.1 Å². The van der Waals surface area contributed by atoms with Crippen LogP contribution in [0, 0.1) is 6.92 Å². The van der Waals surface area contributed by atoms with E-state index in [0.717, 1.165) is 16.0 Å². The predicted octanol–water partition coefficient (Wildman–Crippen LogP) is 4.18. The summed E-state index contributed by atoms with van der Waals surface area (Å²) in [5.74, 6) is -0.738. The Morgan fingerprint density at radius 2 is 1.86 bits per heavy atom. The lowest BCUT2D eigenvalue weighted by Crippen LogP contribution is -2.42. The van der Waals surface area contributed by atoms with Crippen molar-refractivity contribution in [1.82, 2.24) is 10.2 Å². The maximum absolute atomic E-state index is 13.0. The highest BCUT2D eigenvalue weighted by molar-refractivity contribution is 6.32. The van der Waals surface area contributed by atoms with Crippen LogP contribution < -0.4 is 10.6 Å². The molecule has 6 nitrogen and oxygen atoms in total. The molecule has 1 saturated heterocycles. The Bertz CT molecular complexity index is 989. The number of nitrogens with one attached hydrogen (secondary N) is 2. The van der Waals surface area contributed by atoms with Crippen molar-refractivity contribution in [3.63, 3.8) is 0 Å². The van der Waals surface area contributed by atoms with Crippen LogP contribution in [0.25, 0.3) is 0 Å². The van der Waals surface area contributed by atoms with Gasteiger partial charge in [0.15, 0.2) is 0 Å². The van der Waals surface area contributed by atoms with Crippen LogP contribution in [0.5, 0.6) is 0 Å². The van der Waals surface area contributed by atoms with Crippen LogP contribution in [0.2, 0.25) is 5.02 Å². The van der Waals surface area contributed by atoms with Gasteiger partial charge in [-0.15, -0.1) is 0 Å². The van der Waals surface area contributed by atoms with Crippen molar-refractivity contribution in [1.29, 1.82) is 0 Å². The molecule has 2 aromatic rings. The van der Waals surface area contributed by atoms with E-state index in [1.54, 1.807) is 31.2 Å². The van der Waals surface area contributed by atoms with E-state index in [2.05, 4.69) is 10.6 Å². The minimum atomic E-state index is -1.32. The fourth-order valence-corrected chi connectivity index (χ4v) is 3.88. The zero-order chi connectivity index (χ0) is 21.3. The summed E-state index contributed by atoms with van der Waals surface area (Å²) < 4.78 is 0. The number of carbonyl (C=O) groups excluding carboxylic acids is 3. The average Bonchev–Trinajstić information content (AvgIpc) is 2.87. The normalized spacial score (nSPS) is 18.9. The molecule has 0 aromatic heterocycles. The van der Waals surface area contributed by atoms with E-state index in [1.165, 1.54) is 0 Å². The van der Waals surface area contributed by atoms with E-state index in [9.17, 15) is 14.4 Å². The molecule has 7 heteroatoms. The Morgan fingerprint density at radius 1 is 1.17 bits per heavy atom. The first-order chi connectivity index (χ1) is 13.6. The van der Waals surface area contributed by atoms with Crippen molar-refractivity contribution in [2.45, 2.75) is 39.2 Å². The first-order valence-corrected chi connectivity index (χ1v) is 9.81. The standard InChI is InChI=1S/C22H24ClN3O3/c1-13(2)15-9-7-8-14(3)19(15)24-18(27)12-26-20(28)22(4,25-21(26)29)16-10-5-6-11-17(16)23/h5-11,13H,12H2,1-4H3,(H,24,27)(H,25,29). The van der Waals surface area contributed by atoms with Crippen molar-refractivity contribution in [3.8, 4) is 0 Å². The Kier molecular flexibility index (Phi) is 5.66. The van der Waals surface area contributed by atoms with Gasteiger partial charge in [0.25, 0.3) is 5.91 Å². The molecular formula is C22H24ClN3O3. The first kappa shape index (κ1) is 20.9. The molecule has 29 heavy (non-hydrogen) atoms. The molecule has 1 aliphatic rings. The van der Waals surface area contributed by atoms with Gasteiger partial charge in [-0.1, -0.05) is 61.8 Å². The van der Waals surface area contributed by atoms with Crippen molar-refractivity contribution in [2.75, 3.05) is 11.9 Å². The van der Waals surface area contributed by atoms with Crippen LogP contribution >= 0.6 is 11.6 Å². The fraction of sp³-hybridized carbons (Fsp3) is 0.318. The molecule has 3 rings (SSSR count). The molecule has 1 atom stereocenters. The van der Waals surface area contributed by atoms with Gasteiger partial charge in [0.2, 0.25) is 5.91 Å². The van der Waals surface area contributed by atoms with Gasteiger partial charge in [-0.3, -0.25) is 14.5 Å². The molecule has 152 valence electrons. The Hall–Kier alpha value is -2.86. The largest absolute Gasteiger partial charge is 0.325 e. The summed E-state index contributed by atoms with van der Waals surface area (Å²) in [6.07, 6.45) is 0. The van der Waals surface area contributed by atoms with Crippen LogP contribution in [-0.2, 0) is 15.1 Å². The zero-order valence-corrected chi connectivity index (χ0v) is 17.6. The summed E-state index contributed by atoms with van der Waals surface area (Å²) >= 11 is 6.23. The number of para-hydroxylation sites is 1. The van der Waals surface area contributed by atoms with Crippen LogP contribution in [-0.4, -0.2) is 29.3 Å². The van der Waals surface area contributed by atoms with E-state index in [1.807, 2.05) is 39.0 Å². The molecule has 1 fully saturated rings. The zero-order valence-electron chi connectivity index (χ0n) is 16.9. The van der Waals surface area contributed by atoms with Gasteiger partial charge >= 0.3 is 6.03 Å². The van der Waals surface area contributed by atoms with Crippen molar-refractivity contribution >= 4 is 35.1 Å². The lowest BCUT2D eigenvalue weighted by Gasteiger charge is -2.23. The van der Waals surface area contributed by atoms with Gasteiger partial charge in [-0.2, -0.15) is 0 Å². The Labute approximate surface area is 175 Å². The molecular weight excluding hydrogens is 390 g/mol. The monoisotopic (exact) mass is 413 g/mol. The summed E-state index contributed by atoms with van der Waals surface area (Å²) in [5.41, 5.74) is 1.80. The molecule has 0 bridgehead atoms. The lowest BCUT2D eigenvalue weighted by atomic mass is 9.92. The summed E-state index contributed by atoms with van der Waals surface area (Å²) in [7, 11) is 0. The molecule has 0 spiro atoms. The molecule has 1 heterocycles. The number of halogens is 1. The van der Waals surface area contributed by atoms with Gasteiger partial charge in [0, 0.05) is 16.3 Å². The number of urea groups is 1. The van der Waals surface area contributed by atoms with Crippen molar-refractivity contribution in [3.05, 3.63) is 64.2 Å². The molecule has 1 aliphatic heterocycles. The fourth-order valence-electron chi connectivity index (χ4n) is 3.55. The number of rotatable bonds is 5. The SMILES string of the molecule is Cc1cccc(C(C)C)c1NC(=O)CN1C(=O)NC(C)(c2ccccc2Cl)C1=O. The first-order valence-electron chi connectivity index (χ1n) is 9.43. The van der Waals surface area contributed by atoms with Gasteiger partial charge in [-0.05, 0) is 37.0 Å². The second-order valence-electron chi connectivity index (χ2n) is 7.67. The highest BCUT2D eigenvalue weighted by atomic mass is 35.5. The summed E-state index contributed by atoms with van der Waals surface area (Å²) in [4.78, 5) is 39.1.